The van der Waals surface area contributed by atoms with Crippen molar-refractivity contribution in [1.82, 2.24) is 4.98 Å². The third-order valence-electron chi connectivity index (χ3n) is 2.66. The number of rotatable bonds is 5. The van der Waals surface area contributed by atoms with Gasteiger partial charge >= 0.3 is 6.18 Å². The highest BCUT2D eigenvalue weighted by Gasteiger charge is 2.34. The van der Waals surface area contributed by atoms with Gasteiger partial charge in [0.15, 0.2) is 5.01 Å². The zero-order chi connectivity index (χ0) is 15.5. The van der Waals surface area contributed by atoms with Gasteiger partial charge in [-0.05, 0) is 12.1 Å². The summed E-state index contributed by atoms with van der Waals surface area (Å²) < 4.78 is 37.6. The summed E-state index contributed by atoms with van der Waals surface area (Å²) in [6, 6.07) is 6.68. The Morgan fingerprint density at radius 1 is 1.33 bits per heavy atom. The molecule has 0 saturated carbocycles. The van der Waals surface area contributed by atoms with Crippen LogP contribution in [0.2, 0.25) is 0 Å². The third-order valence-corrected chi connectivity index (χ3v) is 3.54. The number of halogens is 3. The zero-order valence-electron chi connectivity index (χ0n) is 10.8. The van der Waals surface area contributed by atoms with Crippen molar-refractivity contribution in [1.29, 1.82) is 0 Å². The summed E-state index contributed by atoms with van der Waals surface area (Å²) in [5, 5.41) is 21.3. The lowest BCUT2D eigenvalue weighted by molar-refractivity contribution is -0.137. The van der Waals surface area contributed by atoms with Crippen LogP contribution in [0.3, 0.4) is 0 Å². The van der Waals surface area contributed by atoms with Gasteiger partial charge in [-0.3, -0.25) is 0 Å². The molecule has 1 aromatic heterocycles. The van der Waals surface area contributed by atoms with Crippen molar-refractivity contribution in [3.8, 4) is 11.3 Å². The summed E-state index contributed by atoms with van der Waals surface area (Å²) in [5.74, 6) is 0. The quantitative estimate of drug-likeness (QED) is 0.793. The fourth-order valence-electron chi connectivity index (χ4n) is 1.63. The van der Waals surface area contributed by atoms with E-state index in [1.165, 1.54) is 5.38 Å². The molecule has 0 radical (unpaired) electrons. The molecule has 0 fully saturated rings. The summed E-state index contributed by atoms with van der Waals surface area (Å²) in [6.45, 7) is -0.224. The van der Waals surface area contributed by atoms with Crippen molar-refractivity contribution in [2.75, 3.05) is 18.5 Å². The molecule has 0 aliphatic rings. The maximum Gasteiger partial charge on any atom is 0.443 e. The highest BCUT2D eigenvalue weighted by atomic mass is 32.1. The van der Waals surface area contributed by atoms with Gasteiger partial charge in [0.1, 0.15) is 0 Å². The van der Waals surface area contributed by atoms with E-state index in [2.05, 4.69) is 10.3 Å². The van der Waals surface area contributed by atoms with Gasteiger partial charge in [-0.15, -0.1) is 11.3 Å². The highest BCUT2D eigenvalue weighted by molar-refractivity contribution is 7.10. The first-order chi connectivity index (χ1) is 9.90. The molecule has 4 nitrogen and oxygen atoms in total. The number of thiazole rings is 1. The van der Waals surface area contributed by atoms with E-state index in [1.807, 2.05) is 0 Å². The zero-order valence-corrected chi connectivity index (χ0v) is 11.6. The predicted molar refractivity (Wildman–Crippen MR) is 74.1 cm³/mol. The molecule has 1 unspecified atom stereocenters. The van der Waals surface area contributed by atoms with Crippen molar-refractivity contribution in [3.05, 3.63) is 34.7 Å². The fourth-order valence-corrected chi connectivity index (χ4v) is 2.32. The molecule has 0 aliphatic carbocycles. The molecule has 0 spiro atoms. The Kier molecular flexibility index (Phi) is 4.81. The molecule has 3 N–H and O–H groups in total. The second-order valence-corrected chi connectivity index (χ2v) is 5.19. The molecule has 1 aromatic carbocycles. The molecule has 21 heavy (non-hydrogen) atoms. The van der Waals surface area contributed by atoms with Crippen molar-refractivity contribution in [2.24, 2.45) is 0 Å². The van der Waals surface area contributed by atoms with Gasteiger partial charge in [-0.2, -0.15) is 13.2 Å². The van der Waals surface area contributed by atoms with Gasteiger partial charge in [-0.25, -0.2) is 4.98 Å². The molecule has 0 bridgehead atoms. The van der Waals surface area contributed by atoms with E-state index in [-0.39, 0.29) is 18.8 Å². The average molecular weight is 318 g/mol. The van der Waals surface area contributed by atoms with Crippen LogP contribution in [0.5, 0.6) is 0 Å². The van der Waals surface area contributed by atoms with Gasteiger partial charge in [0.05, 0.1) is 18.4 Å². The molecule has 0 saturated heterocycles. The average Bonchev–Trinajstić information content (AvgIpc) is 2.95. The van der Waals surface area contributed by atoms with Crippen LogP contribution in [0, 0.1) is 0 Å². The Balaban J connectivity index is 2.15. The topological polar surface area (TPSA) is 65.4 Å². The first kappa shape index (κ1) is 15.7. The lowest BCUT2D eigenvalue weighted by Gasteiger charge is -2.10. The van der Waals surface area contributed by atoms with Crippen molar-refractivity contribution < 1.29 is 23.4 Å². The van der Waals surface area contributed by atoms with E-state index in [9.17, 15) is 18.3 Å². The molecule has 2 aromatic rings. The smallest absolute Gasteiger partial charge is 0.394 e. The van der Waals surface area contributed by atoms with Crippen LogP contribution in [-0.4, -0.2) is 34.5 Å². The Labute approximate surface area is 122 Å². The maximum atomic E-state index is 12.5. The minimum absolute atomic E-state index is 0.144. The Hall–Kier alpha value is -1.64. The lowest BCUT2D eigenvalue weighted by atomic mass is 10.1. The minimum Gasteiger partial charge on any atom is -0.394 e. The number of hydrogen-bond acceptors (Lipinski definition) is 5. The van der Waals surface area contributed by atoms with E-state index in [0.717, 1.165) is 0 Å². The van der Waals surface area contributed by atoms with Crippen LogP contribution >= 0.6 is 11.3 Å². The van der Waals surface area contributed by atoms with Crippen molar-refractivity contribution in [3.63, 3.8) is 0 Å². The van der Waals surface area contributed by atoms with Crippen LogP contribution < -0.4 is 5.32 Å². The van der Waals surface area contributed by atoms with Gasteiger partial charge in [0, 0.05) is 23.2 Å². The lowest BCUT2D eigenvalue weighted by Crippen LogP contribution is -2.22. The number of nitrogens with one attached hydrogen (secondary N) is 1. The Morgan fingerprint density at radius 2 is 2.10 bits per heavy atom. The summed E-state index contributed by atoms with van der Waals surface area (Å²) in [5.41, 5.74) is 1.42. The first-order valence-corrected chi connectivity index (χ1v) is 6.94. The van der Waals surface area contributed by atoms with Crippen LogP contribution in [0.4, 0.5) is 18.9 Å². The number of aromatic nitrogens is 1. The number of anilines is 1. The Bertz CT molecular complexity index is 601. The second kappa shape index (κ2) is 6.42. The van der Waals surface area contributed by atoms with E-state index in [4.69, 9.17) is 5.11 Å². The summed E-state index contributed by atoms with van der Waals surface area (Å²) in [4.78, 5) is 3.58. The van der Waals surface area contributed by atoms with Crippen LogP contribution in [0.15, 0.2) is 29.6 Å². The molecule has 0 amide bonds. The van der Waals surface area contributed by atoms with E-state index in [0.29, 0.717) is 22.6 Å². The predicted octanol–water partition coefficient (Wildman–Crippen LogP) is 2.59. The number of alkyl halides is 3. The number of nitrogens with zero attached hydrogens (tertiary/aromatic N) is 1. The molecular formula is C13H13F3N2O2S. The molecule has 1 atom stereocenters. The van der Waals surface area contributed by atoms with Crippen molar-refractivity contribution >= 4 is 17.0 Å². The summed E-state index contributed by atoms with van der Waals surface area (Å²) in [7, 11) is 0. The van der Waals surface area contributed by atoms with E-state index < -0.39 is 17.3 Å². The maximum absolute atomic E-state index is 12.5. The van der Waals surface area contributed by atoms with Crippen LogP contribution in [-0.2, 0) is 6.18 Å². The van der Waals surface area contributed by atoms with Gasteiger partial charge in [0.25, 0.3) is 0 Å². The first-order valence-electron chi connectivity index (χ1n) is 6.06. The summed E-state index contributed by atoms with van der Waals surface area (Å²) in [6.07, 6.45) is -5.34. The van der Waals surface area contributed by atoms with Gasteiger partial charge in [-0.1, -0.05) is 12.1 Å². The molecular weight excluding hydrogens is 305 g/mol. The van der Waals surface area contributed by atoms with Gasteiger partial charge < -0.3 is 15.5 Å². The number of aliphatic hydroxyl groups is 2. The van der Waals surface area contributed by atoms with E-state index in [1.54, 1.807) is 24.3 Å². The summed E-state index contributed by atoms with van der Waals surface area (Å²) >= 11 is 0.549. The monoisotopic (exact) mass is 318 g/mol. The molecule has 1 heterocycles. The standard InChI is InChI=1S/C13H13F3N2O2S/c14-13(15,16)12-18-11(7-21-12)8-2-1-3-9(4-8)17-5-10(20)6-19/h1-4,7,10,17,19-20H,5-6H2. The van der Waals surface area contributed by atoms with Crippen molar-refractivity contribution in [2.45, 2.75) is 12.3 Å². The normalized spacial score (nSPS) is 13.2. The molecule has 114 valence electrons. The van der Waals surface area contributed by atoms with Crippen LogP contribution in [0.1, 0.15) is 5.01 Å². The molecule has 2 rings (SSSR count). The SMILES string of the molecule is OCC(O)CNc1cccc(-c2csc(C(F)(F)F)n2)c1. The van der Waals surface area contributed by atoms with Gasteiger partial charge in [0.2, 0.25) is 0 Å². The highest BCUT2D eigenvalue weighted by Crippen LogP contribution is 2.34. The largest absolute Gasteiger partial charge is 0.443 e. The molecule has 8 heteroatoms. The second-order valence-electron chi connectivity index (χ2n) is 4.33. The minimum atomic E-state index is -4.44. The van der Waals surface area contributed by atoms with Crippen LogP contribution in [0.25, 0.3) is 11.3 Å². The Morgan fingerprint density at radius 3 is 2.71 bits per heavy atom. The molecule has 0 aliphatic heterocycles. The number of hydrogen-bond donors (Lipinski definition) is 3. The number of aliphatic hydroxyl groups excluding tert-OH is 2. The third kappa shape index (κ3) is 4.16. The fraction of sp³-hybridized carbons (Fsp3) is 0.308. The van der Waals surface area contributed by atoms with E-state index >= 15 is 0 Å². The number of benzene rings is 1.